The molecule has 1 unspecified atom stereocenters. The molecular weight excluding hydrogens is 248 g/mol. The van der Waals surface area contributed by atoms with Crippen LogP contribution in [0.15, 0.2) is 30.3 Å². The minimum Gasteiger partial charge on any atom is -0.355 e. The van der Waals surface area contributed by atoms with E-state index in [0.717, 1.165) is 6.42 Å². The van der Waals surface area contributed by atoms with Gasteiger partial charge in [0.15, 0.2) is 0 Å². The van der Waals surface area contributed by atoms with Crippen LogP contribution in [0.1, 0.15) is 19.4 Å². The van der Waals surface area contributed by atoms with Crippen molar-refractivity contribution >= 4 is 18.3 Å². The zero-order valence-electron chi connectivity index (χ0n) is 11.1. The van der Waals surface area contributed by atoms with Gasteiger partial charge in [-0.15, -0.1) is 12.4 Å². The fraction of sp³-hybridized carbons (Fsp3) is 0.500. The van der Waals surface area contributed by atoms with Crippen LogP contribution in [0.25, 0.3) is 0 Å². The van der Waals surface area contributed by atoms with Gasteiger partial charge in [0.1, 0.15) is 0 Å². The molecule has 0 fully saturated rings. The molecule has 0 spiro atoms. The molecule has 0 aliphatic carbocycles. The summed E-state index contributed by atoms with van der Waals surface area (Å²) in [7, 11) is 0. The van der Waals surface area contributed by atoms with Crippen molar-refractivity contribution in [3.05, 3.63) is 35.9 Å². The van der Waals surface area contributed by atoms with E-state index in [9.17, 15) is 4.79 Å². The molecule has 0 heterocycles. The third-order valence-corrected chi connectivity index (χ3v) is 2.88. The molecule has 0 aliphatic heterocycles. The lowest BCUT2D eigenvalue weighted by Crippen LogP contribution is -2.37. The highest BCUT2D eigenvalue weighted by Crippen LogP contribution is 2.17. The number of hydrogen-bond acceptors (Lipinski definition) is 2. The van der Waals surface area contributed by atoms with E-state index in [1.54, 1.807) is 0 Å². The highest BCUT2D eigenvalue weighted by molar-refractivity contribution is 5.85. The Morgan fingerprint density at radius 3 is 2.39 bits per heavy atom. The first-order valence-electron chi connectivity index (χ1n) is 6.17. The summed E-state index contributed by atoms with van der Waals surface area (Å²) < 4.78 is 0. The third kappa shape index (κ3) is 5.52. The van der Waals surface area contributed by atoms with Crippen LogP contribution < -0.4 is 11.1 Å². The molecule has 1 rings (SSSR count). The molecule has 1 aromatic carbocycles. The van der Waals surface area contributed by atoms with Crippen molar-refractivity contribution < 1.29 is 4.79 Å². The predicted octanol–water partition coefficient (Wildman–Crippen LogP) is 2.00. The molecule has 4 heteroatoms. The van der Waals surface area contributed by atoms with Crippen LogP contribution in [-0.4, -0.2) is 19.0 Å². The molecule has 102 valence electrons. The predicted molar refractivity (Wildman–Crippen MR) is 77.8 cm³/mol. The maximum atomic E-state index is 12.0. The summed E-state index contributed by atoms with van der Waals surface area (Å²) in [5.41, 5.74) is 6.59. The van der Waals surface area contributed by atoms with Crippen LogP contribution in [-0.2, 0) is 11.2 Å². The summed E-state index contributed by atoms with van der Waals surface area (Å²) in [5.74, 6) is 0.450. The summed E-state index contributed by atoms with van der Waals surface area (Å²) in [5, 5.41) is 2.87. The summed E-state index contributed by atoms with van der Waals surface area (Å²) in [6.45, 7) is 5.20. The molecule has 0 radical (unpaired) electrons. The van der Waals surface area contributed by atoms with Gasteiger partial charge in [0, 0.05) is 19.0 Å². The van der Waals surface area contributed by atoms with Crippen molar-refractivity contribution in [2.45, 2.75) is 20.3 Å². The smallest absolute Gasteiger partial charge is 0.223 e. The van der Waals surface area contributed by atoms with Gasteiger partial charge in [-0.1, -0.05) is 44.2 Å². The maximum absolute atomic E-state index is 12.0. The second-order valence-corrected chi connectivity index (χ2v) is 4.62. The molecule has 0 aliphatic rings. The second kappa shape index (κ2) is 8.95. The Labute approximate surface area is 116 Å². The number of hydrogen-bond donors (Lipinski definition) is 2. The Kier molecular flexibility index (Phi) is 8.42. The molecule has 0 saturated carbocycles. The monoisotopic (exact) mass is 270 g/mol. The summed E-state index contributed by atoms with van der Waals surface area (Å²) in [4.78, 5) is 12.0. The Balaban J connectivity index is 0.00000289. The largest absolute Gasteiger partial charge is 0.355 e. The molecule has 1 atom stereocenters. The van der Waals surface area contributed by atoms with Gasteiger partial charge in [0.2, 0.25) is 5.91 Å². The number of halogens is 1. The van der Waals surface area contributed by atoms with Crippen LogP contribution >= 0.6 is 12.4 Å². The highest BCUT2D eigenvalue weighted by Gasteiger charge is 2.21. The molecule has 0 saturated heterocycles. The Morgan fingerprint density at radius 1 is 1.28 bits per heavy atom. The van der Waals surface area contributed by atoms with Crippen molar-refractivity contribution in [3.63, 3.8) is 0 Å². The number of benzene rings is 1. The average Bonchev–Trinajstić information content (AvgIpc) is 2.34. The van der Waals surface area contributed by atoms with Crippen LogP contribution in [0.2, 0.25) is 0 Å². The fourth-order valence-electron chi connectivity index (χ4n) is 1.83. The highest BCUT2D eigenvalue weighted by atomic mass is 35.5. The van der Waals surface area contributed by atoms with Gasteiger partial charge >= 0.3 is 0 Å². The van der Waals surface area contributed by atoms with Gasteiger partial charge in [-0.3, -0.25) is 4.79 Å². The van der Waals surface area contributed by atoms with Crippen molar-refractivity contribution in [1.82, 2.24) is 5.32 Å². The van der Waals surface area contributed by atoms with E-state index in [2.05, 4.69) is 31.3 Å². The number of nitrogens with two attached hydrogens (primary N) is 1. The van der Waals surface area contributed by atoms with E-state index in [1.807, 2.05) is 18.2 Å². The average molecular weight is 271 g/mol. The molecule has 18 heavy (non-hydrogen) atoms. The van der Waals surface area contributed by atoms with Gasteiger partial charge in [0.25, 0.3) is 0 Å². The van der Waals surface area contributed by atoms with Crippen molar-refractivity contribution in [2.24, 2.45) is 17.6 Å². The Morgan fingerprint density at radius 2 is 1.89 bits per heavy atom. The minimum absolute atomic E-state index is 0. The van der Waals surface area contributed by atoms with Gasteiger partial charge in [-0.2, -0.15) is 0 Å². The summed E-state index contributed by atoms with van der Waals surface area (Å²) in [6, 6.07) is 10.1. The van der Waals surface area contributed by atoms with E-state index in [4.69, 9.17) is 5.73 Å². The Bertz CT molecular complexity index is 341. The molecule has 3 nitrogen and oxygen atoms in total. The number of carbonyl (C=O) groups excluding carboxylic acids is 1. The van der Waals surface area contributed by atoms with Crippen LogP contribution in [0.4, 0.5) is 0 Å². The van der Waals surface area contributed by atoms with E-state index >= 15 is 0 Å². The lowest BCUT2D eigenvalue weighted by atomic mass is 9.88. The Hall–Kier alpha value is -1.06. The second-order valence-electron chi connectivity index (χ2n) is 4.62. The van der Waals surface area contributed by atoms with E-state index in [-0.39, 0.29) is 24.2 Å². The maximum Gasteiger partial charge on any atom is 0.223 e. The lowest BCUT2D eigenvalue weighted by Gasteiger charge is -2.20. The SMILES string of the molecule is CC(C)C(Cc1ccccc1)C(=O)NCCN.Cl. The lowest BCUT2D eigenvalue weighted by molar-refractivity contribution is -0.126. The van der Waals surface area contributed by atoms with Crippen LogP contribution in [0.5, 0.6) is 0 Å². The number of amides is 1. The molecule has 1 aromatic rings. The van der Waals surface area contributed by atoms with Crippen molar-refractivity contribution in [3.8, 4) is 0 Å². The first-order chi connectivity index (χ1) is 8.15. The molecule has 0 aromatic heterocycles. The zero-order valence-corrected chi connectivity index (χ0v) is 11.9. The summed E-state index contributed by atoms with van der Waals surface area (Å²) >= 11 is 0. The van der Waals surface area contributed by atoms with Crippen molar-refractivity contribution in [1.29, 1.82) is 0 Å². The molecular formula is C14H23ClN2O. The van der Waals surface area contributed by atoms with Crippen molar-refractivity contribution in [2.75, 3.05) is 13.1 Å². The zero-order chi connectivity index (χ0) is 12.7. The summed E-state index contributed by atoms with van der Waals surface area (Å²) in [6.07, 6.45) is 0.787. The molecule has 0 bridgehead atoms. The minimum atomic E-state index is 0. The number of carbonyl (C=O) groups is 1. The van der Waals surface area contributed by atoms with E-state index in [0.29, 0.717) is 19.0 Å². The van der Waals surface area contributed by atoms with Crippen LogP contribution in [0, 0.1) is 11.8 Å². The normalized spacial score (nSPS) is 11.8. The van der Waals surface area contributed by atoms with Gasteiger partial charge in [0.05, 0.1) is 0 Å². The molecule has 1 amide bonds. The number of rotatable bonds is 6. The number of nitrogens with one attached hydrogen (secondary N) is 1. The first-order valence-corrected chi connectivity index (χ1v) is 6.17. The first kappa shape index (κ1) is 16.9. The molecule has 3 N–H and O–H groups in total. The topological polar surface area (TPSA) is 55.1 Å². The third-order valence-electron chi connectivity index (χ3n) is 2.88. The van der Waals surface area contributed by atoms with Crippen LogP contribution in [0.3, 0.4) is 0 Å². The van der Waals surface area contributed by atoms with Gasteiger partial charge < -0.3 is 11.1 Å². The van der Waals surface area contributed by atoms with Gasteiger partial charge in [-0.25, -0.2) is 0 Å². The quantitative estimate of drug-likeness (QED) is 0.831. The fourth-order valence-corrected chi connectivity index (χ4v) is 1.83. The van der Waals surface area contributed by atoms with Gasteiger partial charge in [-0.05, 0) is 17.9 Å². The van der Waals surface area contributed by atoms with E-state index < -0.39 is 0 Å². The van der Waals surface area contributed by atoms with E-state index in [1.165, 1.54) is 5.56 Å². The standard InChI is InChI=1S/C14H22N2O.ClH/c1-11(2)13(14(17)16-9-8-15)10-12-6-4-3-5-7-12;/h3-7,11,13H,8-10,15H2,1-2H3,(H,16,17);1H.